The molecule has 5 heterocycles. The lowest BCUT2D eigenvalue weighted by molar-refractivity contribution is -0.319. The van der Waals surface area contributed by atoms with E-state index in [9.17, 15) is 35.4 Å². The molecule has 50 heavy (non-hydrogen) atoms. The van der Waals surface area contributed by atoms with Crippen LogP contribution in [-0.4, -0.2) is 145 Å². The molecule has 5 aliphatic heterocycles. The second-order valence-corrected chi connectivity index (χ2v) is 12.9. The van der Waals surface area contributed by atoms with Gasteiger partial charge in [0, 0.05) is 23.6 Å². The van der Waals surface area contributed by atoms with E-state index in [1.807, 2.05) is 0 Å². The summed E-state index contributed by atoms with van der Waals surface area (Å²) in [6.45, 7) is 3.35. The van der Waals surface area contributed by atoms with Gasteiger partial charge in [-0.2, -0.15) is 0 Å². The standard InChI is InChI=1S/C34H40O16/c1-13(9-45-34-31(41)29(39)28(38)24(50-34)12-47-33-30(40)27(37)17(35)10-46-33)19-7-16-18(48-19)5-4-14-26(36)25-15-6-21(42-2)22(43-3)8-20(15)44-11-23(25)49-32(14)16/h4-6,8,17,19,23-25,27-31,33-35,37-41H,1,7,9-12H2,2-3H3/t17?,19-,23?,24?,25?,27?,28?,29?,30?,31?,33?,34?/m0/s1. The number of fused-ring (bicyclic) bond motifs is 6. The molecule has 16 heteroatoms. The average molecular weight is 705 g/mol. The number of aliphatic hydroxyl groups excluding tert-OH is 6. The first-order valence-electron chi connectivity index (χ1n) is 16.2. The Morgan fingerprint density at radius 3 is 2.36 bits per heavy atom. The van der Waals surface area contributed by atoms with Gasteiger partial charge in [0.2, 0.25) is 0 Å². The van der Waals surface area contributed by atoms with Gasteiger partial charge in [-0.25, -0.2) is 0 Å². The second-order valence-electron chi connectivity index (χ2n) is 12.9. The minimum atomic E-state index is -1.67. The van der Waals surface area contributed by atoms with Gasteiger partial charge >= 0.3 is 0 Å². The van der Waals surface area contributed by atoms with Gasteiger partial charge in [-0.15, -0.1) is 0 Å². The highest BCUT2D eigenvalue weighted by Crippen LogP contribution is 2.50. The van der Waals surface area contributed by atoms with Crippen LogP contribution in [0.3, 0.4) is 0 Å². The lowest BCUT2D eigenvalue weighted by Gasteiger charge is -2.41. The molecular formula is C34H40O16. The quantitative estimate of drug-likeness (QED) is 0.172. The van der Waals surface area contributed by atoms with Crippen LogP contribution in [0.15, 0.2) is 36.4 Å². The molecule has 12 atom stereocenters. The summed E-state index contributed by atoms with van der Waals surface area (Å²) in [5, 5.41) is 61.2. The molecule has 2 fully saturated rings. The van der Waals surface area contributed by atoms with E-state index in [1.54, 1.807) is 24.3 Å². The van der Waals surface area contributed by atoms with Crippen molar-refractivity contribution < 1.29 is 78.1 Å². The van der Waals surface area contributed by atoms with Gasteiger partial charge in [-0.1, -0.05) is 6.58 Å². The van der Waals surface area contributed by atoms with Crippen molar-refractivity contribution in [1.29, 1.82) is 0 Å². The van der Waals surface area contributed by atoms with Crippen LogP contribution in [0.25, 0.3) is 0 Å². The predicted octanol–water partition coefficient (Wildman–Crippen LogP) is -1.04. The zero-order chi connectivity index (χ0) is 35.4. The van der Waals surface area contributed by atoms with Gasteiger partial charge in [-0.3, -0.25) is 4.79 Å². The number of benzene rings is 2. The van der Waals surface area contributed by atoms with Crippen molar-refractivity contribution in [3.8, 4) is 28.7 Å². The third-order valence-corrected chi connectivity index (χ3v) is 9.76. The van der Waals surface area contributed by atoms with Crippen LogP contribution in [0.5, 0.6) is 28.7 Å². The van der Waals surface area contributed by atoms with E-state index in [4.69, 9.17) is 42.6 Å². The lowest BCUT2D eigenvalue weighted by Crippen LogP contribution is -2.60. The van der Waals surface area contributed by atoms with E-state index in [2.05, 4.69) is 6.58 Å². The van der Waals surface area contributed by atoms with Crippen molar-refractivity contribution in [3.05, 3.63) is 53.1 Å². The minimum absolute atomic E-state index is 0.123. The van der Waals surface area contributed by atoms with Gasteiger partial charge in [0.15, 0.2) is 29.9 Å². The maximum absolute atomic E-state index is 13.9. The SMILES string of the molecule is C=C(COC1OC(COC2OCC(O)C(O)C2O)C(O)C(O)C1O)[C@@H]1Cc2c(ccc3c2OC2COc4cc(OC)c(OC)cc4C2C3=O)O1. The van der Waals surface area contributed by atoms with E-state index in [-0.39, 0.29) is 25.6 Å². The fraction of sp³-hybridized carbons (Fsp3) is 0.559. The Balaban J connectivity index is 0.993. The number of rotatable bonds is 9. The van der Waals surface area contributed by atoms with E-state index < -0.39 is 80.0 Å². The predicted molar refractivity (Wildman–Crippen MR) is 167 cm³/mol. The number of carbonyl (C=O) groups is 1. The molecule has 2 aromatic carbocycles. The van der Waals surface area contributed by atoms with Crippen LogP contribution in [0, 0.1) is 0 Å². The summed E-state index contributed by atoms with van der Waals surface area (Å²) in [6.07, 6.45) is -14.1. The smallest absolute Gasteiger partial charge is 0.187 e. The summed E-state index contributed by atoms with van der Waals surface area (Å²) < 4.78 is 51.5. The fourth-order valence-electron chi connectivity index (χ4n) is 6.88. The highest BCUT2D eigenvalue weighted by Gasteiger charge is 2.48. The number of hydrogen-bond acceptors (Lipinski definition) is 16. The van der Waals surface area contributed by atoms with E-state index in [0.29, 0.717) is 57.4 Å². The van der Waals surface area contributed by atoms with Crippen LogP contribution >= 0.6 is 0 Å². The molecule has 0 radical (unpaired) electrons. The zero-order valence-electron chi connectivity index (χ0n) is 27.2. The monoisotopic (exact) mass is 704 g/mol. The van der Waals surface area contributed by atoms with Crippen molar-refractivity contribution in [3.63, 3.8) is 0 Å². The summed E-state index contributed by atoms with van der Waals surface area (Å²) in [6, 6.07) is 6.82. The molecule has 7 rings (SSSR count). The fourth-order valence-corrected chi connectivity index (χ4v) is 6.88. The summed E-state index contributed by atoms with van der Waals surface area (Å²) in [7, 11) is 3.04. The van der Waals surface area contributed by atoms with E-state index in [1.165, 1.54) is 14.2 Å². The number of Topliss-reactive ketones (excluding diaryl/α,β-unsaturated/α-hetero) is 1. The lowest BCUT2D eigenvalue weighted by atomic mass is 9.81. The van der Waals surface area contributed by atoms with Crippen LogP contribution in [0.2, 0.25) is 0 Å². The Labute approximate surface area is 286 Å². The van der Waals surface area contributed by atoms with Crippen LogP contribution < -0.4 is 23.7 Å². The largest absolute Gasteiger partial charge is 0.493 e. The first kappa shape index (κ1) is 34.9. The molecule has 272 valence electrons. The van der Waals surface area contributed by atoms with Crippen molar-refractivity contribution in [2.45, 2.75) is 79.9 Å². The molecule has 5 aliphatic rings. The van der Waals surface area contributed by atoms with Gasteiger partial charge < -0.3 is 73.3 Å². The molecular weight excluding hydrogens is 664 g/mol. The number of ether oxygens (including phenoxy) is 9. The Hall–Kier alpha value is -3.55. The normalized spacial score (nSPS) is 35.7. The first-order valence-corrected chi connectivity index (χ1v) is 16.2. The van der Waals surface area contributed by atoms with E-state index in [0.717, 1.165) is 0 Å². The number of carbonyl (C=O) groups excluding carboxylic acids is 1. The van der Waals surface area contributed by atoms with Gasteiger partial charge in [0.05, 0.1) is 45.5 Å². The molecule has 0 aromatic heterocycles. The summed E-state index contributed by atoms with van der Waals surface area (Å²) in [5.41, 5.74) is 2.20. The average Bonchev–Trinajstić information content (AvgIpc) is 3.57. The molecule has 16 nitrogen and oxygen atoms in total. The highest BCUT2D eigenvalue weighted by atomic mass is 16.7. The molecule has 6 N–H and O–H groups in total. The molecule has 2 aromatic rings. The van der Waals surface area contributed by atoms with Crippen molar-refractivity contribution in [2.24, 2.45) is 0 Å². The number of hydrogen-bond donors (Lipinski definition) is 6. The molecule has 0 aliphatic carbocycles. The van der Waals surface area contributed by atoms with Gasteiger partial charge in [0.1, 0.15) is 78.8 Å². The number of methoxy groups -OCH3 is 2. The Bertz CT molecular complexity index is 1610. The Morgan fingerprint density at radius 1 is 0.860 bits per heavy atom. The maximum Gasteiger partial charge on any atom is 0.187 e. The molecule has 0 saturated carbocycles. The first-order chi connectivity index (χ1) is 24.0. The van der Waals surface area contributed by atoms with Crippen molar-refractivity contribution in [1.82, 2.24) is 0 Å². The molecule has 0 amide bonds. The van der Waals surface area contributed by atoms with Crippen molar-refractivity contribution in [2.75, 3.05) is 40.6 Å². The third kappa shape index (κ3) is 6.08. The summed E-state index contributed by atoms with van der Waals surface area (Å²) in [4.78, 5) is 13.9. The van der Waals surface area contributed by atoms with Crippen LogP contribution in [0.4, 0.5) is 0 Å². The van der Waals surface area contributed by atoms with Crippen molar-refractivity contribution >= 4 is 5.78 Å². The van der Waals surface area contributed by atoms with Gasteiger partial charge in [0.25, 0.3) is 0 Å². The molecule has 0 bridgehead atoms. The Morgan fingerprint density at radius 2 is 1.60 bits per heavy atom. The van der Waals surface area contributed by atoms with E-state index >= 15 is 0 Å². The number of aliphatic hydroxyl groups is 6. The molecule has 11 unspecified atom stereocenters. The van der Waals surface area contributed by atoms with Crippen LogP contribution in [0.1, 0.15) is 27.4 Å². The zero-order valence-corrected chi connectivity index (χ0v) is 27.2. The summed E-state index contributed by atoms with van der Waals surface area (Å²) in [5.74, 6) is 1.67. The molecule has 0 spiro atoms. The second kappa shape index (κ2) is 13.9. The Kier molecular flexibility index (Phi) is 9.68. The maximum atomic E-state index is 13.9. The third-order valence-electron chi connectivity index (χ3n) is 9.76. The van der Waals surface area contributed by atoms with Gasteiger partial charge in [-0.05, 0) is 23.8 Å². The topological polar surface area (TPSA) is 222 Å². The number of ketones is 1. The van der Waals surface area contributed by atoms with Crippen LogP contribution in [-0.2, 0) is 25.4 Å². The summed E-state index contributed by atoms with van der Waals surface area (Å²) >= 11 is 0. The highest BCUT2D eigenvalue weighted by molar-refractivity contribution is 6.06. The minimum Gasteiger partial charge on any atom is -0.493 e. The molecule has 2 saturated heterocycles.